The number of aromatic nitrogens is 2. The van der Waals surface area contributed by atoms with E-state index in [1.807, 2.05) is 36.4 Å². The van der Waals surface area contributed by atoms with Crippen molar-refractivity contribution in [2.24, 2.45) is 0 Å². The minimum atomic E-state index is -0.742. The molecule has 4 rings (SSSR count). The lowest BCUT2D eigenvalue weighted by molar-refractivity contribution is 0.108. The van der Waals surface area contributed by atoms with Crippen LogP contribution in [0.1, 0.15) is 16.1 Å². The molecule has 0 radical (unpaired) electrons. The highest BCUT2D eigenvalue weighted by Crippen LogP contribution is 2.35. The third kappa shape index (κ3) is 4.94. The number of rotatable bonds is 5. The number of halogens is 4. The van der Waals surface area contributed by atoms with Gasteiger partial charge in [-0.05, 0) is 56.5 Å². The molecular weight excluding hydrogens is 552 g/mol. The van der Waals surface area contributed by atoms with E-state index in [0.29, 0.717) is 10.8 Å². The van der Waals surface area contributed by atoms with Gasteiger partial charge in [-0.2, -0.15) is 0 Å². The minimum absolute atomic E-state index is 0.0138. The van der Waals surface area contributed by atoms with Crippen LogP contribution in [-0.2, 0) is 5.75 Å². The number of carbonyl (C=O) groups is 1. The van der Waals surface area contributed by atoms with Gasteiger partial charge in [0.25, 0.3) is 0 Å². The van der Waals surface area contributed by atoms with E-state index < -0.39 is 5.82 Å². The van der Waals surface area contributed by atoms with Gasteiger partial charge in [0.1, 0.15) is 11.5 Å². The number of carbonyl (C=O) groups excluding carboxylic acids is 1. The fourth-order valence-electron chi connectivity index (χ4n) is 3.19. The second-order valence-corrected chi connectivity index (χ2v) is 9.52. The number of fused-ring (bicyclic) bond motifs is 1. The topological polar surface area (TPSA) is 78.1 Å². The number of thioether (sulfide) groups is 1. The molecule has 2 N–H and O–H groups in total. The number of ether oxygens (including phenoxy) is 1. The quantitative estimate of drug-likeness (QED) is 0.276. The van der Waals surface area contributed by atoms with Gasteiger partial charge in [-0.25, -0.2) is 14.4 Å². The average molecular weight is 567 g/mol. The molecule has 5 nitrogen and oxygen atoms in total. The summed E-state index contributed by atoms with van der Waals surface area (Å²) in [6.45, 7) is 0. The summed E-state index contributed by atoms with van der Waals surface area (Å²) in [5.74, 6) is -0.505. The van der Waals surface area contributed by atoms with E-state index in [-0.39, 0.29) is 43.3 Å². The Hall–Kier alpha value is -2.39. The molecule has 0 unspecified atom stereocenters. The first-order valence-corrected chi connectivity index (χ1v) is 12.0. The van der Waals surface area contributed by atoms with Gasteiger partial charge >= 0.3 is 0 Å². The minimum Gasteiger partial charge on any atom is -0.492 e. The number of benzene rings is 3. The highest BCUT2D eigenvalue weighted by atomic mass is 79.9. The van der Waals surface area contributed by atoms with Crippen LogP contribution in [0.2, 0.25) is 10.0 Å². The summed E-state index contributed by atoms with van der Waals surface area (Å²) in [5.41, 5.74) is 6.99. The van der Waals surface area contributed by atoms with E-state index in [4.69, 9.17) is 33.7 Å². The van der Waals surface area contributed by atoms with E-state index in [1.165, 1.54) is 19.2 Å². The second-order valence-electron chi connectivity index (χ2n) is 6.94. The predicted octanol–water partition coefficient (Wildman–Crippen LogP) is 7.17. The van der Waals surface area contributed by atoms with Gasteiger partial charge in [0, 0.05) is 10.8 Å². The standard InChI is InChI=1S/C23H15BrCl2FN3O2S/c1-32-20-16(26)7-6-15(18(20)27)22-29-19(17(24)21(28)30-22)23(31)33-10-11-2-3-13-9-14(25)5-4-12(13)8-11/h2-9H,10H2,1H3,(H2,28,29,30). The lowest BCUT2D eigenvalue weighted by atomic mass is 10.1. The van der Waals surface area contributed by atoms with Gasteiger partial charge in [-0.1, -0.05) is 59.2 Å². The monoisotopic (exact) mass is 565 g/mol. The normalized spacial score (nSPS) is 11.1. The molecule has 0 aliphatic carbocycles. The third-order valence-corrected chi connectivity index (χ3v) is 7.05. The largest absolute Gasteiger partial charge is 0.492 e. The van der Waals surface area contributed by atoms with Crippen molar-refractivity contribution >= 4 is 72.6 Å². The van der Waals surface area contributed by atoms with Crippen LogP contribution in [-0.4, -0.2) is 22.2 Å². The highest BCUT2D eigenvalue weighted by molar-refractivity contribution is 9.10. The molecule has 0 saturated carbocycles. The Morgan fingerprint density at radius 3 is 2.61 bits per heavy atom. The molecule has 1 heterocycles. The summed E-state index contributed by atoms with van der Waals surface area (Å²) in [4.78, 5) is 21.4. The maximum Gasteiger partial charge on any atom is 0.239 e. The maximum atomic E-state index is 14.9. The highest BCUT2D eigenvalue weighted by Gasteiger charge is 2.22. The Labute approximate surface area is 211 Å². The van der Waals surface area contributed by atoms with Gasteiger partial charge in [-0.3, -0.25) is 4.79 Å². The second kappa shape index (κ2) is 9.85. The lowest BCUT2D eigenvalue weighted by Gasteiger charge is -2.11. The Kier molecular flexibility index (Phi) is 7.09. The van der Waals surface area contributed by atoms with Crippen LogP contribution in [0.3, 0.4) is 0 Å². The molecule has 168 valence electrons. The molecule has 0 amide bonds. The van der Waals surface area contributed by atoms with Crippen LogP contribution in [0, 0.1) is 5.82 Å². The molecule has 0 bridgehead atoms. The van der Waals surface area contributed by atoms with Crippen molar-refractivity contribution < 1.29 is 13.9 Å². The van der Waals surface area contributed by atoms with Crippen LogP contribution >= 0.6 is 50.9 Å². The van der Waals surface area contributed by atoms with Crippen LogP contribution in [0.4, 0.5) is 10.2 Å². The molecule has 0 fully saturated rings. The Bertz CT molecular complexity index is 1400. The summed E-state index contributed by atoms with van der Waals surface area (Å²) in [6.07, 6.45) is 0. The summed E-state index contributed by atoms with van der Waals surface area (Å²) in [5, 5.41) is 2.46. The summed E-state index contributed by atoms with van der Waals surface area (Å²) in [6, 6.07) is 14.4. The smallest absolute Gasteiger partial charge is 0.239 e. The molecule has 0 saturated heterocycles. The van der Waals surface area contributed by atoms with Gasteiger partial charge in [-0.15, -0.1) is 0 Å². The van der Waals surface area contributed by atoms with E-state index in [0.717, 1.165) is 28.1 Å². The van der Waals surface area contributed by atoms with Crippen molar-refractivity contribution in [1.82, 2.24) is 9.97 Å². The Morgan fingerprint density at radius 1 is 1.12 bits per heavy atom. The number of nitrogens with two attached hydrogens (primary N) is 1. The number of methoxy groups -OCH3 is 1. The number of hydrogen-bond donors (Lipinski definition) is 1. The molecule has 3 aromatic carbocycles. The Balaban J connectivity index is 1.62. The van der Waals surface area contributed by atoms with Crippen molar-refractivity contribution in [2.45, 2.75) is 5.75 Å². The fraction of sp³-hybridized carbons (Fsp3) is 0.0870. The van der Waals surface area contributed by atoms with Gasteiger partial charge in [0.2, 0.25) is 5.12 Å². The van der Waals surface area contributed by atoms with Crippen LogP contribution < -0.4 is 10.5 Å². The van der Waals surface area contributed by atoms with E-state index in [9.17, 15) is 9.18 Å². The SMILES string of the molecule is COc1c(Cl)ccc(-c2nc(N)c(Br)c(C(=O)SCc3ccc4cc(Cl)ccc4c3)n2)c1F. The lowest BCUT2D eigenvalue weighted by Crippen LogP contribution is -2.08. The van der Waals surface area contributed by atoms with Crippen molar-refractivity contribution in [3.8, 4) is 17.1 Å². The van der Waals surface area contributed by atoms with Gasteiger partial charge in [0.05, 0.1) is 22.2 Å². The van der Waals surface area contributed by atoms with E-state index in [1.54, 1.807) is 0 Å². The number of hydrogen-bond acceptors (Lipinski definition) is 6. The number of nitrogen functional groups attached to an aromatic ring is 1. The zero-order chi connectivity index (χ0) is 23.7. The number of nitrogens with zero attached hydrogens (tertiary/aromatic N) is 2. The molecule has 1 aromatic heterocycles. The van der Waals surface area contributed by atoms with Gasteiger partial charge < -0.3 is 10.5 Å². The van der Waals surface area contributed by atoms with Crippen molar-refractivity contribution in [3.63, 3.8) is 0 Å². The fourth-order valence-corrected chi connectivity index (χ4v) is 4.84. The summed E-state index contributed by atoms with van der Waals surface area (Å²) in [7, 11) is 1.30. The zero-order valence-corrected chi connectivity index (χ0v) is 20.9. The zero-order valence-electron chi connectivity index (χ0n) is 17.0. The molecule has 4 aromatic rings. The van der Waals surface area contributed by atoms with E-state index in [2.05, 4.69) is 25.9 Å². The molecule has 0 aliphatic heterocycles. The first-order chi connectivity index (χ1) is 15.8. The van der Waals surface area contributed by atoms with Crippen LogP contribution in [0.15, 0.2) is 53.0 Å². The molecule has 0 atom stereocenters. The average Bonchev–Trinajstić information content (AvgIpc) is 2.79. The van der Waals surface area contributed by atoms with Gasteiger partial charge in [0.15, 0.2) is 17.4 Å². The third-order valence-electron chi connectivity index (χ3n) is 4.80. The first-order valence-electron chi connectivity index (χ1n) is 9.49. The van der Waals surface area contributed by atoms with Crippen LogP contribution in [0.25, 0.3) is 22.2 Å². The van der Waals surface area contributed by atoms with Crippen LogP contribution in [0.5, 0.6) is 5.75 Å². The summed E-state index contributed by atoms with van der Waals surface area (Å²) >= 11 is 16.3. The summed E-state index contributed by atoms with van der Waals surface area (Å²) < 4.78 is 20.1. The van der Waals surface area contributed by atoms with Crippen molar-refractivity contribution in [3.05, 3.63) is 80.1 Å². The molecule has 33 heavy (non-hydrogen) atoms. The van der Waals surface area contributed by atoms with E-state index >= 15 is 0 Å². The first kappa shape index (κ1) is 23.8. The maximum absolute atomic E-state index is 14.9. The molecule has 0 spiro atoms. The predicted molar refractivity (Wildman–Crippen MR) is 136 cm³/mol. The molecule has 0 aliphatic rings. The van der Waals surface area contributed by atoms with Crippen molar-refractivity contribution in [1.29, 1.82) is 0 Å². The molecule has 10 heteroatoms. The van der Waals surface area contributed by atoms with Crippen molar-refractivity contribution in [2.75, 3.05) is 12.8 Å². The Morgan fingerprint density at radius 2 is 1.85 bits per heavy atom. The molecular formula is C23H15BrCl2FN3O2S. The number of anilines is 1.